The van der Waals surface area contributed by atoms with Crippen LogP contribution in [0.4, 0.5) is 5.00 Å². The molecule has 1 N–H and O–H groups in total. The molecule has 174 valence electrons. The van der Waals surface area contributed by atoms with Crippen LogP contribution in [-0.2, 0) is 32.0 Å². The Morgan fingerprint density at radius 3 is 2.88 bits per heavy atom. The second-order valence-corrected chi connectivity index (χ2v) is 8.33. The fourth-order valence-electron chi connectivity index (χ4n) is 3.44. The van der Waals surface area contributed by atoms with Crippen LogP contribution in [0.1, 0.15) is 28.5 Å². The molecule has 2 amide bonds. The van der Waals surface area contributed by atoms with Crippen molar-refractivity contribution in [1.29, 1.82) is 5.26 Å². The predicted octanol–water partition coefficient (Wildman–Crippen LogP) is 3.22. The summed E-state index contributed by atoms with van der Waals surface area (Å²) in [5.41, 5.74) is 2.16. The molecule has 0 spiro atoms. The van der Waals surface area contributed by atoms with Crippen molar-refractivity contribution in [3.63, 3.8) is 0 Å². The van der Waals surface area contributed by atoms with Gasteiger partial charge < -0.3 is 24.4 Å². The molecule has 1 aromatic heterocycles. The maximum atomic E-state index is 12.5. The number of hydrogen-bond acceptors (Lipinski definition) is 7. The minimum atomic E-state index is -0.337. The van der Waals surface area contributed by atoms with E-state index in [0.29, 0.717) is 55.6 Å². The third-order valence-electron chi connectivity index (χ3n) is 5.05. The van der Waals surface area contributed by atoms with Crippen molar-refractivity contribution in [2.75, 3.05) is 45.4 Å². The van der Waals surface area contributed by atoms with Crippen LogP contribution in [0.15, 0.2) is 30.3 Å². The number of nitrogens with one attached hydrogen (secondary N) is 1. The van der Waals surface area contributed by atoms with Crippen molar-refractivity contribution in [2.24, 2.45) is 0 Å². The number of fused-ring (bicyclic) bond motifs is 1. The van der Waals surface area contributed by atoms with Crippen molar-refractivity contribution in [2.45, 2.75) is 19.9 Å². The minimum Gasteiger partial charge on any atom is -0.493 e. The van der Waals surface area contributed by atoms with E-state index in [2.05, 4.69) is 11.4 Å². The van der Waals surface area contributed by atoms with Gasteiger partial charge in [0, 0.05) is 30.2 Å². The Morgan fingerprint density at radius 2 is 2.12 bits per heavy atom. The second-order valence-electron chi connectivity index (χ2n) is 7.22. The van der Waals surface area contributed by atoms with Gasteiger partial charge in [0.05, 0.1) is 31.9 Å². The number of rotatable bonds is 10. The van der Waals surface area contributed by atoms with Crippen molar-refractivity contribution in [3.8, 4) is 11.8 Å². The summed E-state index contributed by atoms with van der Waals surface area (Å²) in [6.45, 7) is 4.12. The molecule has 0 radical (unpaired) electrons. The molecule has 0 saturated heterocycles. The molecule has 0 saturated carbocycles. The van der Waals surface area contributed by atoms with Gasteiger partial charge in [-0.05, 0) is 31.1 Å². The molecule has 2 heterocycles. The fourth-order valence-corrected chi connectivity index (χ4v) is 4.66. The van der Waals surface area contributed by atoms with Gasteiger partial charge >= 0.3 is 0 Å². The van der Waals surface area contributed by atoms with E-state index in [1.54, 1.807) is 18.1 Å². The highest BCUT2D eigenvalue weighted by Gasteiger charge is 2.27. The smallest absolute Gasteiger partial charge is 0.249 e. The summed E-state index contributed by atoms with van der Waals surface area (Å²) < 4.78 is 15.8. The lowest BCUT2D eigenvalue weighted by Gasteiger charge is -2.26. The Kier molecular flexibility index (Phi) is 9.01. The summed E-state index contributed by atoms with van der Waals surface area (Å²) in [5.74, 6) is 0.255. The first-order chi connectivity index (χ1) is 16.1. The number of anilines is 1. The lowest BCUT2D eigenvalue weighted by atomic mass is 10.0. The lowest BCUT2D eigenvalue weighted by molar-refractivity contribution is -0.137. The number of nitriles is 1. The summed E-state index contributed by atoms with van der Waals surface area (Å²) in [5, 5.41) is 13.0. The van der Waals surface area contributed by atoms with Gasteiger partial charge in [0.1, 0.15) is 23.4 Å². The highest BCUT2D eigenvalue weighted by Crippen LogP contribution is 2.36. The topological polar surface area (TPSA) is 101 Å². The molecule has 1 aromatic carbocycles. The first-order valence-electron chi connectivity index (χ1n) is 10.7. The Bertz CT molecular complexity index is 1060. The Balaban J connectivity index is 1.66. The van der Waals surface area contributed by atoms with E-state index < -0.39 is 0 Å². The first kappa shape index (κ1) is 24.5. The largest absolute Gasteiger partial charge is 0.493 e. The molecule has 0 bridgehead atoms. The number of methoxy groups -OCH3 is 1. The highest BCUT2D eigenvalue weighted by atomic mass is 32.1. The van der Waals surface area contributed by atoms with Crippen molar-refractivity contribution < 1.29 is 23.8 Å². The summed E-state index contributed by atoms with van der Waals surface area (Å²) in [6, 6.07) is 9.67. The van der Waals surface area contributed by atoms with E-state index in [0.717, 1.165) is 16.0 Å². The van der Waals surface area contributed by atoms with Gasteiger partial charge in [-0.2, -0.15) is 5.26 Å². The SMILES string of the molecule is CCOc1ccccc1/C=C/C(=O)Nc1sc2c(c1C#N)CCN(C(=O)COCCOC)C2. The van der Waals surface area contributed by atoms with Crippen LogP contribution in [0, 0.1) is 11.3 Å². The number of ether oxygens (including phenoxy) is 3. The number of thiophene rings is 1. The molecular formula is C24H27N3O5S. The van der Waals surface area contributed by atoms with E-state index in [4.69, 9.17) is 14.2 Å². The zero-order valence-corrected chi connectivity index (χ0v) is 19.6. The molecule has 0 unspecified atom stereocenters. The highest BCUT2D eigenvalue weighted by molar-refractivity contribution is 7.16. The quantitative estimate of drug-likeness (QED) is 0.424. The van der Waals surface area contributed by atoms with E-state index in [1.165, 1.54) is 17.4 Å². The van der Waals surface area contributed by atoms with Gasteiger partial charge in [0.25, 0.3) is 0 Å². The van der Waals surface area contributed by atoms with E-state index >= 15 is 0 Å². The molecule has 33 heavy (non-hydrogen) atoms. The zero-order valence-electron chi connectivity index (χ0n) is 18.8. The van der Waals surface area contributed by atoms with Gasteiger partial charge in [-0.15, -0.1) is 11.3 Å². The number of carbonyl (C=O) groups is 2. The van der Waals surface area contributed by atoms with Crippen LogP contribution in [0.5, 0.6) is 5.75 Å². The third kappa shape index (κ3) is 6.42. The predicted molar refractivity (Wildman–Crippen MR) is 126 cm³/mol. The fraction of sp³-hybridized carbons (Fsp3) is 0.375. The third-order valence-corrected chi connectivity index (χ3v) is 6.18. The summed E-state index contributed by atoms with van der Waals surface area (Å²) in [6.07, 6.45) is 3.67. The maximum Gasteiger partial charge on any atom is 0.249 e. The van der Waals surface area contributed by atoms with Crippen molar-refractivity contribution in [3.05, 3.63) is 51.9 Å². The van der Waals surface area contributed by atoms with Gasteiger partial charge in [-0.3, -0.25) is 9.59 Å². The maximum absolute atomic E-state index is 12.5. The van der Waals surface area contributed by atoms with Gasteiger partial charge in [0.2, 0.25) is 11.8 Å². The van der Waals surface area contributed by atoms with Crippen LogP contribution in [0.2, 0.25) is 0 Å². The number of hydrogen-bond donors (Lipinski definition) is 1. The van der Waals surface area contributed by atoms with Crippen LogP contribution < -0.4 is 10.1 Å². The van der Waals surface area contributed by atoms with Gasteiger partial charge in [-0.1, -0.05) is 18.2 Å². The van der Waals surface area contributed by atoms with Crippen LogP contribution in [0.25, 0.3) is 6.08 Å². The summed E-state index contributed by atoms with van der Waals surface area (Å²) in [4.78, 5) is 27.6. The normalized spacial score (nSPS) is 12.9. The second kappa shape index (κ2) is 12.2. The molecular weight excluding hydrogens is 442 g/mol. The number of amides is 2. The van der Waals surface area contributed by atoms with Crippen LogP contribution in [-0.4, -0.2) is 56.8 Å². The number of nitrogens with zero attached hydrogens (tertiary/aromatic N) is 2. The van der Waals surface area contributed by atoms with E-state index in [1.807, 2.05) is 31.2 Å². The number of benzene rings is 1. The Morgan fingerprint density at radius 1 is 1.30 bits per heavy atom. The van der Waals surface area contributed by atoms with E-state index in [-0.39, 0.29) is 18.4 Å². The zero-order chi connectivity index (χ0) is 23.6. The van der Waals surface area contributed by atoms with Crippen LogP contribution >= 0.6 is 11.3 Å². The lowest BCUT2D eigenvalue weighted by Crippen LogP contribution is -2.38. The minimum absolute atomic E-state index is 0.00716. The molecule has 3 rings (SSSR count). The van der Waals surface area contributed by atoms with Crippen molar-refractivity contribution in [1.82, 2.24) is 4.90 Å². The molecule has 0 aliphatic carbocycles. The Labute approximate surface area is 197 Å². The van der Waals surface area contributed by atoms with Crippen LogP contribution in [0.3, 0.4) is 0 Å². The molecule has 9 heteroatoms. The number of para-hydroxylation sites is 1. The van der Waals surface area contributed by atoms with Crippen molar-refractivity contribution >= 4 is 34.2 Å². The molecule has 0 fully saturated rings. The molecule has 2 aromatic rings. The first-order valence-corrected chi connectivity index (χ1v) is 11.5. The average Bonchev–Trinajstić information content (AvgIpc) is 3.17. The molecule has 0 atom stereocenters. The average molecular weight is 470 g/mol. The van der Waals surface area contributed by atoms with E-state index in [9.17, 15) is 14.9 Å². The molecule has 1 aliphatic rings. The summed E-state index contributed by atoms with van der Waals surface area (Å²) >= 11 is 1.33. The van der Waals surface area contributed by atoms with Gasteiger partial charge in [-0.25, -0.2) is 0 Å². The number of carbonyl (C=O) groups excluding carboxylic acids is 2. The summed E-state index contributed by atoms with van der Waals surface area (Å²) in [7, 11) is 1.58. The molecule has 8 nitrogen and oxygen atoms in total. The standard InChI is InChI=1S/C24H27N3O5S/c1-3-32-20-7-5-4-6-17(20)8-9-22(28)26-24-19(14-25)18-10-11-27(15-21(18)33-24)23(29)16-31-13-12-30-2/h4-9H,3,10-13,15-16H2,1-2H3,(H,26,28)/b9-8+. The Hall–Kier alpha value is -3.19. The molecule has 1 aliphatic heterocycles. The monoisotopic (exact) mass is 469 g/mol. The van der Waals surface area contributed by atoms with Gasteiger partial charge in [0.15, 0.2) is 0 Å².